The van der Waals surface area contributed by atoms with E-state index >= 15 is 0 Å². The zero-order chi connectivity index (χ0) is 25.8. The van der Waals surface area contributed by atoms with Crippen molar-refractivity contribution in [2.75, 3.05) is 45.3 Å². The number of ether oxygens (including phenoxy) is 3. The van der Waals surface area contributed by atoms with Crippen LogP contribution in [0.1, 0.15) is 15.9 Å². The molecule has 0 aliphatic rings. The van der Waals surface area contributed by atoms with Crippen LogP contribution in [-0.2, 0) is 0 Å². The van der Waals surface area contributed by atoms with Crippen molar-refractivity contribution >= 4 is 44.5 Å². The fourth-order valence-electron chi connectivity index (χ4n) is 3.49. The molecule has 0 saturated carbocycles. The number of fused-ring (bicyclic) bond motifs is 1. The molecule has 10 heteroatoms. The van der Waals surface area contributed by atoms with Gasteiger partial charge in [0, 0.05) is 30.9 Å². The summed E-state index contributed by atoms with van der Waals surface area (Å²) in [5.41, 5.74) is 2.56. The lowest BCUT2D eigenvalue weighted by molar-refractivity contribution is 0.0988. The van der Waals surface area contributed by atoms with Gasteiger partial charge in [0.25, 0.3) is 5.91 Å². The number of benzene rings is 3. The Morgan fingerprint density at radius 2 is 1.64 bits per heavy atom. The van der Waals surface area contributed by atoms with Crippen molar-refractivity contribution in [1.29, 1.82) is 0 Å². The van der Waals surface area contributed by atoms with Crippen LogP contribution < -0.4 is 24.1 Å². The molecule has 0 atom stereocenters. The number of carbonyl (C=O) groups is 1. The van der Waals surface area contributed by atoms with Gasteiger partial charge in [-0.05, 0) is 54.6 Å². The first-order valence-corrected chi connectivity index (χ1v) is 11.7. The average Bonchev–Trinajstić information content (AvgIpc) is 3.30. The molecular weight excluding hydrogens is 483 g/mol. The number of methoxy groups -OCH3 is 3. The van der Waals surface area contributed by atoms with Gasteiger partial charge in [0.15, 0.2) is 11.5 Å². The topological polar surface area (TPSA) is 76.5 Å². The average molecular weight is 509 g/mol. The Morgan fingerprint density at radius 1 is 0.972 bits per heavy atom. The van der Waals surface area contributed by atoms with Crippen molar-refractivity contribution in [1.82, 2.24) is 4.98 Å². The summed E-state index contributed by atoms with van der Waals surface area (Å²) < 4.78 is 30.6. The van der Waals surface area contributed by atoms with E-state index in [9.17, 15) is 9.18 Å². The molecule has 1 aromatic heterocycles. The van der Waals surface area contributed by atoms with Gasteiger partial charge in [-0.3, -0.25) is 4.79 Å². The largest absolute Gasteiger partial charge is 0.493 e. The van der Waals surface area contributed by atoms with E-state index in [0.717, 1.165) is 5.69 Å². The third kappa shape index (κ3) is 5.08. The quantitative estimate of drug-likeness (QED) is 0.240. The summed E-state index contributed by atoms with van der Waals surface area (Å²) in [4.78, 5) is 20.0. The molecule has 1 amide bonds. The predicted molar refractivity (Wildman–Crippen MR) is 141 cm³/mol. The first-order chi connectivity index (χ1) is 17.3. The Labute approximate surface area is 212 Å². The minimum atomic E-state index is -0.386. The summed E-state index contributed by atoms with van der Waals surface area (Å²) in [6.45, 7) is 0. The number of nitrogens with zero attached hydrogens (tertiary/aromatic N) is 4. The molecular formula is C26H25FN4O4S. The monoisotopic (exact) mass is 508 g/mol. The molecule has 0 unspecified atom stereocenters. The van der Waals surface area contributed by atoms with E-state index in [2.05, 4.69) is 10.1 Å². The van der Waals surface area contributed by atoms with Crippen LogP contribution in [0.5, 0.6) is 17.2 Å². The van der Waals surface area contributed by atoms with Crippen LogP contribution in [0.15, 0.2) is 59.7 Å². The molecule has 0 fully saturated rings. The molecule has 36 heavy (non-hydrogen) atoms. The molecule has 1 heterocycles. The lowest BCUT2D eigenvalue weighted by atomic mass is 10.2. The van der Waals surface area contributed by atoms with E-state index in [-0.39, 0.29) is 11.7 Å². The Kier molecular flexibility index (Phi) is 7.35. The summed E-state index contributed by atoms with van der Waals surface area (Å²) >= 11 is 1.17. The maximum Gasteiger partial charge on any atom is 0.280 e. The Balaban J connectivity index is 1.77. The minimum Gasteiger partial charge on any atom is -0.493 e. The molecule has 3 aromatic carbocycles. The van der Waals surface area contributed by atoms with Crippen molar-refractivity contribution in [3.8, 4) is 17.2 Å². The summed E-state index contributed by atoms with van der Waals surface area (Å²) in [6.07, 6.45) is 1.50. The summed E-state index contributed by atoms with van der Waals surface area (Å²) in [5.74, 6) is 0.579. The number of hydrogen-bond donors (Lipinski definition) is 0. The maximum atomic E-state index is 13.8. The predicted octanol–water partition coefficient (Wildman–Crippen LogP) is 5.21. The lowest BCUT2D eigenvalue weighted by Gasteiger charge is -2.16. The molecule has 0 aliphatic carbocycles. The Morgan fingerprint density at radius 3 is 2.22 bits per heavy atom. The van der Waals surface area contributed by atoms with Crippen LogP contribution in [0.4, 0.5) is 15.2 Å². The zero-order valence-electron chi connectivity index (χ0n) is 20.5. The van der Waals surface area contributed by atoms with Crippen LogP contribution in [0.25, 0.3) is 10.2 Å². The Hall–Kier alpha value is -4.18. The maximum absolute atomic E-state index is 13.8. The van der Waals surface area contributed by atoms with E-state index < -0.39 is 0 Å². The number of halogens is 1. The van der Waals surface area contributed by atoms with E-state index in [1.807, 2.05) is 31.1 Å². The van der Waals surface area contributed by atoms with Gasteiger partial charge in [0.1, 0.15) is 5.82 Å². The van der Waals surface area contributed by atoms with Crippen LogP contribution in [0.2, 0.25) is 0 Å². The number of hydrogen-bond acceptors (Lipinski definition) is 8. The van der Waals surface area contributed by atoms with Gasteiger partial charge in [0.05, 0.1) is 37.8 Å². The molecule has 0 N–H and O–H groups in total. The first kappa shape index (κ1) is 24.9. The van der Waals surface area contributed by atoms with Gasteiger partial charge in [0.2, 0.25) is 10.9 Å². The number of hydrazone groups is 1. The molecule has 0 aliphatic heterocycles. The fraction of sp³-hybridized carbons (Fsp3) is 0.192. The van der Waals surface area contributed by atoms with Crippen molar-refractivity contribution in [2.24, 2.45) is 5.10 Å². The lowest BCUT2D eigenvalue weighted by Crippen LogP contribution is -2.25. The second-order valence-corrected chi connectivity index (χ2v) is 8.88. The highest BCUT2D eigenvalue weighted by atomic mass is 32.1. The highest BCUT2D eigenvalue weighted by Crippen LogP contribution is 2.38. The number of anilines is 2. The first-order valence-electron chi connectivity index (χ1n) is 10.9. The molecule has 8 nitrogen and oxygen atoms in total. The smallest absolute Gasteiger partial charge is 0.280 e. The SMILES string of the molecule is COc1cc(/C=N/N(C(=O)c2ccc(N(C)C)cc2)c2nc3ccc(F)cc3s2)cc(OC)c1OC. The summed E-state index contributed by atoms with van der Waals surface area (Å²) in [7, 11) is 8.40. The highest BCUT2D eigenvalue weighted by molar-refractivity contribution is 7.22. The third-order valence-corrected chi connectivity index (χ3v) is 6.35. The van der Waals surface area contributed by atoms with Gasteiger partial charge < -0.3 is 19.1 Å². The van der Waals surface area contributed by atoms with E-state index in [1.165, 1.54) is 56.0 Å². The summed E-state index contributed by atoms with van der Waals surface area (Å²) in [6, 6.07) is 14.9. The van der Waals surface area contributed by atoms with Gasteiger partial charge in [-0.2, -0.15) is 10.1 Å². The molecule has 0 bridgehead atoms. The van der Waals surface area contributed by atoms with Crippen molar-refractivity contribution in [2.45, 2.75) is 0 Å². The molecule has 4 rings (SSSR count). The van der Waals surface area contributed by atoms with Crippen LogP contribution >= 0.6 is 11.3 Å². The van der Waals surface area contributed by atoms with Gasteiger partial charge in [-0.1, -0.05) is 11.3 Å². The molecule has 4 aromatic rings. The fourth-order valence-corrected chi connectivity index (χ4v) is 4.44. The van der Waals surface area contributed by atoms with Crippen LogP contribution in [0.3, 0.4) is 0 Å². The van der Waals surface area contributed by atoms with E-state index in [0.29, 0.717) is 43.7 Å². The number of carbonyl (C=O) groups excluding carboxylic acids is 1. The molecule has 0 saturated heterocycles. The van der Waals surface area contributed by atoms with Crippen molar-refractivity contribution < 1.29 is 23.4 Å². The summed E-state index contributed by atoms with van der Waals surface area (Å²) in [5, 5.41) is 5.98. The van der Waals surface area contributed by atoms with Gasteiger partial charge in [-0.15, -0.1) is 0 Å². The third-order valence-electron chi connectivity index (χ3n) is 5.35. The zero-order valence-corrected chi connectivity index (χ0v) is 21.3. The molecule has 186 valence electrons. The number of aromatic nitrogens is 1. The van der Waals surface area contributed by atoms with E-state index in [1.54, 1.807) is 30.3 Å². The van der Waals surface area contributed by atoms with Crippen LogP contribution in [0, 0.1) is 5.82 Å². The second kappa shape index (κ2) is 10.6. The number of amides is 1. The number of rotatable bonds is 8. The van der Waals surface area contributed by atoms with Crippen LogP contribution in [-0.4, -0.2) is 52.5 Å². The van der Waals surface area contributed by atoms with E-state index in [4.69, 9.17) is 14.2 Å². The normalized spacial score (nSPS) is 11.1. The standard InChI is InChI=1S/C26H25FN4O4S/c1-30(2)19-9-6-17(7-10-19)25(32)31(26-29-20-11-8-18(27)14-23(20)36-26)28-15-16-12-21(33-3)24(35-5)22(13-16)34-4/h6-15H,1-5H3/b28-15+. The van der Waals surface area contributed by atoms with Crippen molar-refractivity contribution in [3.05, 3.63) is 71.5 Å². The van der Waals surface area contributed by atoms with Gasteiger partial charge >= 0.3 is 0 Å². The minimum absolute atomic E-state index is 0.306. The molecule has 0 spiro atoms. The van der Waals surface area contributed by atoms with Crippen molar-refractivity contribution in [3.63, 3.8) is 0 Å². The number of thiazole rings is 1. The molecule has 0 radical (unpaired) electrons. The van der Waals surface area contributed by atoms with Gasteiger partial charge in [-0.25, -0.2) is 9.37 Å². The second-order valence-electron chi connectivity index (χ2n) is 7.87. The Bertz CT molecular complexity index is 1390. The highest BCUT2D eigenvalue weighted by Gasteiger charge is 2.22.